The van der Waals surface area contributed by atoms with Gasteiger partial charge in [-0.05, 0) is 30.1 Å². The molecule has 1 aliphatic rings. The minimum atomic E-state index is 0. The molecule has 0 bridgehead atoms. The van der Waals surface area contributed by atoms with Crippen molar-refractivity contribution in [1.29, 1.82) is 0 Å². The summed E-state index contributed by atoms with van der Waals surface area (Å²) in [7, 11) is 0. The molecule has 0 saturated carbocycles. The van der Waals surface area contributed by atoms with Crippen LogP contribution in [0.15, 0.2) is 42.0 Å². The molecule has 0 aliphatic heterocycles. The van der Waals surface area contributed by atoms with E-state index in [-0.39, 0.29) is 13.2 Å². The molecule has 1 aliphatic carbocycles. The summed E-state index contributed by atoms with van der Waals surface area (Å²) >= 11 is 0. The summed E-state index contributed by atoms with van der Waals surface area (Å²) in [4.78, 5) is 12.0. The Morgan fingerprint density at radius 2 is 1.75 bits per heavy atom. The molecule has 0 heterocycles. The van der Waals surface area contributed by atoms with Crippen LogP contribution in [0.2, 0.25) is 0 Å². The number of carbonyl (C=O) groups excluding carboxylic acids is 1. The number of ketones is 1. The fraction of sp³-hybridized carbons (Fsp3) is 0.267. The molecule has 0 saturated heterocycles. The highest BCUT2D eigenvalue weighted by Crippen LogP contribution is 2.35. The Labute approximate surface area is 97.5 Å². The Morgan fingerprint density at radius 3 is 2.31 bits per heavy atom. The first-order valence-corrected chi connectivity index (χ1v) is 5.20. The van der Waals surface area contributed by atoms with Crippen molar-refractivity contribution in [2.75, 3.05) is 0 Å². The molecule has 2 rings (SSSR count). The molecule has 0 atom stereocenters. The number of hydrogen-bond acceptors (Lipinski definition) is 1. The van der Waals surface area contributed by atoms with E-state index < -0.39 is 0 Å². The van der Waals surface area contributed by atoms with Gasteiger partial charge in [0.1, 0.15) is 0 Å². The number of benzene rings is 1. The highest BCUT2D eigenvalue weighted by atomic mass is 16.1. The number of hydrogen-bond donors (Lipinski definition) is 0. The summed E-state index contributed by atoms with van der Waals surface area (Å²) in [5.74, 6) is 0.148. The minimum absolute atomic E-state index is 0. The van der Waals surface area contributed by atoms with Crippen molar-refractivity contribution in [1.82, 2.24) is 0 Å². The van der Waals surface area contributed by atoms with Crippen LogP contribution in [0, 0.1) is 0 Å². The maximum absolute atomic E-state index is 12.0. The molecule has 0 N–H and O–H groups in total. The van der Waals surface area contributed by atoms with Gasteiger partial charge in [0.25, 0.3) is 0 Å². The van der Waals surface area contributed by atoms with Gasteiger partial charge >= 0.3 is 0 Å². The third-order valence-electron chi connectivity index (χ3n) is 3.01. The predicted molar refractivity (Wildman–Crippen MR) is 69.5 cm³/mol. The largest absolute Gasteiger partial charge is 0.289 e. The molecular weight excluding hydrogens is 196 g/mol. The molecule has 0 fully saturated rings. The van der Waals surface area contributed by atoms with Crippen LogP contribution >= 0.6 is 0 Å². The van der Waals surface area contributed by atoms with Crippen LogP contribution in [0.25, 0.3) is 5.57 Å². The van der Waals surface area contributed by atoms with Crippen LogP contribution in [-0.4, -0.2) is 5.78 Å². The van der Waals surface area contributed by atoms with Crippen molar-refractivity contribution in [3.63, 3.8) is 0 Å². The fourth-order valence-corrected chi connectivity index (χ4v) is 2.15. The maximum Gasteiger partial charge on any atom is 0.189 e. The summed E-state index contributed by atoms with van der Waals surface area (Å²) < 4.78 is 0. The molecule has 84 valence electrons. The van der Waals surface area contributed by atoms with Crippen LogP contribution in [0.4, 0.5) is 0 Å². The molecule has 16 heavy (non-hydrogen) atoms. The minimum Gasteiger partial charge on any atom is -0.289 e. The predicted octanol–water partition coefficient (Wildman–Crippen LogP) is 4.26. The number of rotatable bonds is 1. The van der Waals surface area contributed by atoms with Crippen molar-refractivity contribution in [2.45, 2.75) is 27.7 Å². The molecule has 1 nitrogen and oxygen atoms in total. The Hall–Kier alpha value is -1.63. The summed E-state index contributed by atoms with van der Waals surface area (Å²) in [6, 6.07) is 7.69. The fourth-order valence-electron chi connectivity index (χ4n) is 2.15. The highest BCUT2D eigenvalue weighted by Gasteiger charge is 2.24. The van der Waals surface area contributed by atoms with Gasteiger partial charge in [0.2, 0.25) is 0 Å². The van der Waals surface area contributed by atoms with Crippen molar-refractivity contribution in [3.8, 4) is 0 Å². The Balaban J connectivity index is 0.00000128. The average Bonchev–Trinajstić information content (AvgIpc) is 2.27. The second-order valence-electron chi connectivity index (χ2n) is 3.81. The topological polar surface area (TPSA) is 17.1 Å². The lowest BCUT2D eigenvalue weighted by Crippen LogP contribution is -2.13. The molecule has 0 aromatic heterocycles. The van der Waals surface area contributed by atoms with Crippen LogP contribution in [0.3, 0.4) is 0 Å². The van der Waals surface area contributed by atoms with Crippen LogP contribution in [-0.2, 0) is 0 Å². The van der Waals surface area contributed by atoms with Crippen molar-refractivity contribution >= 4 is 11.4 Å². The van der Waals surface area contributed by atoms with Crippen LogP contribution in [0.1, 0.15) is 43.6 Å². The maximum atomic E-state index is 12.0. The summed E-state index contributed by atoms with van der Waals surface area (Å²) in [6.07, 6.45) is 0.866. The monoisotopic (exact) mass is 214 g/mol. The molecule has 1 heteroatoms. The van der Waals surface area contributed by atoms with E-state index >= 15 is 0 Å². The highest BCUT2D eigenvalue weighted by molar-refractivity contribution is 6.16. The second-order valence-corrected chi connectivity index (χ2v) is 3.81. The standard InChI is InChI=1S/C14H14O.CH4/c1-4-11-9(2)12-7-5-6-8-13(12)14(15)10(11)3;/h5-8H,2,4H2,1,3H3;1H4. The van der Waals surface area contributed by atoms with Crippen molar-refractivity contribution in [2.24, 2.45) is 0 Å². The zero-order valence-corrected chi connectivity index (χ0v) is 9.13. The van der Waals surface area contributed by atoms with Gasteiger partial charge in [0, 0.05) is 11.1 Å². The van der Waals surface area contributed by atoms with Gasteiger partial charge < -0.3 is 0 Å². The molecule has 1 aromatic carbocycles. The van der Waals surface area contributed by atoms with Gasteiger partial charge in [-0.3, -0.25) is 4.79 Å². The number of allylic oxidation sites excluding steroid dienone is 3. The third kappa shape index (κ3) is 1.63. The summed E-state index contributed by atoms with van der Waals surface area (Å²) in [5.41, 5.74) is 4.73. The molecule has 0 spiro atoms. The number of carbonyl (C=O) groups is 1. The lowest BCUT2D eigenvalue weighted by atomic mass is 9.82. The van der Waals surface area contributed by atoms with E-state index in [2.05, 4.69) is 13.5 Å². The van der Waals surface area contributed by atoms with E-state index in [9.17, 15) is 4.79 Å². The lowest BCUT2D eigenvalue weighted by Gasteiger charge is -2.21. The van der Waals surface area contributed by atoms with E-state index in [1.165, 1.54) is 0 Å². The van der Waals surface area contributed by atoms with Gasteiger partial charge in [0.15, 0.2) is 5.78 Å². The van der Waals surface area contributed by atoms with Crippen molar-refractivity contribution in [3.05, 3.63) is 53.1 Å². The number of Topliss-reactive ketones (excluding diaryl/α,β-unsaturated/α-hetero) is 1. The van der Waals surface area contributed by atoms with Crippen LogP contribution in [0.5, 0.6) is 0 Å². The van der Waals surface area contributed by atoms with Gasteiger partial charge in [-0.2, -0.15) is 0 Å². The SMILES string of the molecule is C.C=C1C(CC)=C(C)C(=O)c2ccccc21. The molecule has 0 radical (unpaired) electrons. The summed E-state index contributed by atoms with van der Waals surface area (Å²) in [6.45, 7) is 8.03. The van der Waals surface area contributed by atoms with Gasteiger partial charge in [0.05, 0.1) is 0 Å². The van der Waals surface area contributed by atoms with E-state index in [1.54, 1.807) is 0 Å². The van der Waals surface area contributed by atoms with E-state index in [0.29, 0.717) is 0 Å². The molecule has 0 amide bonds. The first kappa shape index (κ1) is 12.4. The van der Waals surface area contributed by atoms with Crippen LogP contribution < -0.4 is 0 Å². The zero-order chi connectivity index (χ0) is 11.0. The van der Waals surface area contributed by atoms with Crippen molar-refractivity contribution < 1.29 is 4.79 Å². The quantitative estimate of drug-likeness (QED) is 0.682. The Bertz CT molecular complexity index is 478. The molecular formula is C15H18O. The smallest absolute Gasteiger partial charge is 0.189 e. The normalized spacial score (nSPS) is 14.6. The third-order valence-corrected chi connectivity index (χ3v) is 3.01. The Morgan fingerprint density at radius 1 is 1.19 bits per heavy atom. The first-order valence-electron chi connectivity index (χ1n) is 5.20. The molecule has 0 unspecified atom stereocenters. The average molecular weight is 214 g/mol. The molecule has 1 aromatic rings. The van der Waals surface area contributed by atoms with E-state index in [4.69, 9.17) is 0 Å². The zero-order valence-electron chi connectivity index (χ0n) is 9.13. The summed E-state index contributed by atoms with van der Waals surface area (Å²) in [5, 5.41) is 0. The second kappa shape index (κ2) is 4.48. The van der Waals surface area contributed by atoms with E-state index in [0.717, 1.165) is 34.3 Å². The van der Waals surface area contributed by atoms with Gasteiger partial charge in [-0.25, -0.2) is 0 Å². The van der Waals surface area contributed by atoms with Gasteiger partial charge in [-0.15, -0.1) is 0 Å². The van der Waals surface area contributed by atoms with Gasteiger partial charge in [-0.1, -0.05) is 45.2 Å². The van der Waals surface area contributed by atoms with E-state index in [1.807, 2.05) is 31.2 Å². The Kier molecular flexibility index (Phi) is 3.48. The first-order chi connectivity index (χ1) is 7.16. The number of fused-ring (bicyclic) bond motifs is 1. The lowest BCUT2D eigenvalue weighted by molar-refractivity contribution is 0.103.